The number of amides is 2. The van der Waals surface area contributed by atoms with Gasteiger partial charge < -0.3 is 14.7 Å². The van der Waals surface area contributed by atoms with E-state index >= 15 is 0 Å². The van der Waals surface area contributed by atoms with Crippen molar-refractivity contribution in [2.24, 2.45) is 51.8 Å². The lowest BCUT2D eigenvalue weighted by Crippen LogP contribution is -2.58. The van der Waals surface area contributed by atoms with E-state index in [1.54, 1.807) is 0 Å². The molecule has 0 aromatic carbocycles. The molecule has 11 atom stereocenters. The van der Waals surface area contributed by atoms with Crippen molar-refractivity contribution in [2.45, 2.75) is 91.3 Å². The van der Waals surface area contributed by atoms with Gasteiger partial charge in [0, 0.05) is 30.8 Å². The molecule has 6 fully saturated rings. The van der Waals surface area contributed by atoms with Gasteiger partial charge in [0.1, 0.15) is 11.9 Å². The first-order valence-corrected chi connectivity index (χ1v) is 14.4. The Morgan fingerprint density at radius 2 is 1.97 bits per heavy atom. The number of hydrogen-bond acceptors (Lipinski definition) is 6. The second-order valence-electron chi connectivity index (χ2n) is 14.2. The van der Waals surface area contributed by atoms with Gasteiger partial charge in [-0.2, -0.15) is 0 Å². The molecule has 2 heterocycles. The second kappa shape index (κ2) is 8.26. The molecule has 1 spiro atoms. The number of fused-ring (bicyclic) bond motifs is 2. The van der Waals surface area contributed by atoms with Crippen LogP contribution in [-0.2, 0) is 14.3 Å². The number of Topliss-reactive ketones (excluding diaryl/α,β-unsaturated/α-hetero) is 1. The summed E-state index contributed by atoms with van der Waals surface area (Å²) in [5.74, 6) is 0.890. The number of alkyl carbamates (subject to hydrolysis) is 1. The zero-order chi connectivity index (χ0) is 25.6. The van der Waals surface area contributed by atoms with Crippen molar-refractivity contribution in [1.82, 2.24) is 10.2 Å². The summed E-state index contributed by atoms with van der Waals surface area (Å²) >= 11 is 0. The van der Waals surface area contributed by atoms with Crippen LogP contribution in [0.4, 0.5) is 4.79 Å². The first-order valence-electron chi connectivity index (χ1n) is 14.4. The third-order valence-electron chi connectivity index (χ3n) is 11.8. The van der Waals surface area contributed by atoms with E-state index in [-0.39, 0.29) is 34.5 Å². The summed E-state index contributed by atoms with van der Waals surface area (Å²) in [6, 6.07) is 0. The average Bonchev–Trinajstić information content (AvgIpc) is 3.10. The predicted molar refractivity (Wildman–Crippen MR) is 134 cm³/mol. The fourth-order valence-corrected chi connectivity index (χ4v) is 10.3. The van der Waals surface area contributed by atoms with Crippen LogP contribution in [0.25, 0.3) is 0 Å². The van der Waals surface area contributed by atoms with Crippen molar-refractivity contribution in [3.63, 3.8) is 0 Å². The minimum absolute atomic E-state index is 0.0280. The van der Waals surface area contributed by atoms with Gasteiger partial charge in [-0.1, -0.05) is 27.7 Å². The number of nitrogens with zero attached hydrogens (tertiary/aromatic N) is 1. The molecule has 4 bridgehead atoms. The van der Waals surface area contributed by atoms with E-state index < -0.39 is 23.7 Å². The Labute approximate surface area is 215 Å². The number of rotatable bonds is 4. The van der Waals surface area contributed by atoms with Gasteiger partial charge in [0.2, 0.25) is 5.91 Å². The molecular formula is C29H44N2O5. The quantitative estimate of drug-likeness (QED) is 0.610. The number of piperidine rings is 1. The van der Waals surface area contributed by atoms with Crippen molar-refractivity contribution in [1.29, 1.82) is 0 Å². The molecule has 7 nitrogen and oxygen atoms in total. The number of imide groups is 1. The lowest BCUT2D eigenvalue weighted by molar-refractivity contribution is -0.166. The van der Waals surface area contributed by atoms with Gasteiger partial charge in [-0.05, 0) is 86.0 Å². The molecule has 0 radical (unpaired) electrons. The Kier molecular flexibility index (Phi) is 5.70. The molecule has 36 heavy (non-hydrogen) atoms. The zero-order valence-electron chi connectivity index (χ0n) is 22.4. The normalized spacial score (nSPS) is 50.8. The van der Waals surface area contributed by atoms with Crippen LogP contribution < -0.4 is 5.32 Å². The van der Waals surface area contributed by atoms with E-state index in [9.17, 15) is 19.5 Å². The maximum absolute atomic E-state index is 13.5. The first-order chi connectivity index (χ1) is 17.0. The number of carbonyl (C=O) groups excluding carboxylic acids is 3. The molecule has 7 heteroatoms. The Bertz CT molecular complexity index is 967. The standard InChI is InChI=1S/C29H44N2O5/c1-16(2)11-27(4)13-22(36-26(35)30-25(34)20-15-31-10-7-18(20)14-31)29-12-19(29)5-8-28(17(3)24(27)33)9-6-21(32)23(28)29/h16-20,22-24,33H,5-15H2,1-4H3,(H,30,34,35)/t17-,18+,19-,20-,22+,23?,24-,27+,28?,29-/m0/s1. The minimum atomic E-state index is -0.667. The topological polar surface area (TPSA) is 95.9 Å². The highest BCUT2D eigenvalue weighted by atomic mass is 16.6. The summed E-state index contributed by atoms with van der Waals surface area (Å²) in [4.78, 5) is 42.0. The van der Waals surface area contributed by atoms with E-state index in [4.69, 9.17) is 4.74 Å². The molecule has 2 saturated heterocycles. The third-order valence-corrected chi connectivity index (χ3v) is 11.8. The summed E-state index contributed by atoms with van der Waals surface area (Å²) in [6.45, 7) is 11.4. The second-order valence-corrected chi connectivity index (χ2v) is 14.2. The van der Waals surface area contributed by atoms with Crippen molar-refractivity contribution in [2.75, 3.05) is 19.6 Å². The molecule has 3 unspecified atom stereocenters. The van der Waals surface area contributed by atoms with Crippen LogP contribution in [-0.4, -0.2) is 59.6 Å². The van der Waals surface area contributed by atoms with Crippen molar-refractivity contribution in [3.8, 4) is 0 Å². The van der Waals surface area contributed by atoms with Crippen molar-refractivity contribution in [3.05, 3.63) is 0 Å². The van der Waals surface area contributed by atoms with Gasteiger partial charge >= 0.3 is 6.09 Å². The highest BCUT2D eigenvalue weighted by Gasteiger charge is 2.77. The molecule has 4 saturated carbocycles. The maximum atomic E-state index is 13.5. The summed E-state index contributed by atoms with van der Waals surface area (Å²) in [6.07, 6.45) is 4.99. The van der Waals surface area contributed by atoms with Gasteiger partial charge in [0.05, 0.1) is 12.0 Å². The molecule has 6 aliphatic rings. The number of ether oxygens (including phenoxy) is 1. The molecule has 0 aromatic heterocycles. The van der Waals surface area contributed by atoms with Crippen molar-refractivity contribution < 1.29 is 24.2 Å². The Morgan fingerprint density at radius 1 is 1.19 bits per heavy atom. The van der Waals surface area contributed by atoms with Gasteiger partial charge in [0.25, 0.3) is 0 Å². The minimum Gasteiger partial charge on any atom is -0.445 e. The Balaban J connectivity index is 1.30. The lowest BCUT2D eigenvalue weighted by Gasteiger charge is -2.56. The van der Waals surface area contributed by atoms with Crippen LogP contribution in [0.2, 0.25) is 0 Å². The smallest absolute Gasteiger partial charge is 0.414 e. The predicted octanol–water partition coefficient (Wildman–Crippen LogP) is 3.78. The summed E-state index contributed by atoms with van der Waals surface area (Å²) in [7, 11) is 0. The van der Waals surface area contributed by atoms with E-state index in [1.807, 2.05) is 0 Å². The van der Waals surface area contributed by atoms with E-state index in [0.717, 1.165) is 58.2 Å². The molecule has 0 aromatic rings. The Morgan fingerprint density at radius 3 is 2.64 bits per heavy atom. The van der Waals surface area contributed by atoms with Gasteiger partial charge in [-0.25, -0.2) is 4.79 Å². The van der Waals surface area contributed by atoms with Gasteiger partial charge in [-0.3, -0.25) is 14.9 Å². The number of aliphatic hydroxyl groups excluding tert-OH is 1. The third kappa shape index (κ3) is 3.47. The maximum Gasteiger partial charge on any atom is 0.414 e. The highest BCUT2D eigenvalue weighted by Crippen LogP contribution is 2.77. The lowest BCUT2D eigenvalue weighted by atomic mass is 9.49. The zero-order valence-corrected chi connectivity index (χ0v) is 22.4. The van der Waals surface area contributed by atoms with E-state index in [1.165, 1.54) is 0 Å². The van der Waals surface area contributed by atoms with Gasteiger partial charge in [0.15, 0.2) is 0 Å². The van der Waals surface area contributed by atoms with Crippen LogP contribution in [0.1, 0.15) is 79.1 Å². The molecule has 2 amide bonds. The number of nitrogens with one attached hydrogen (secondary N) is 1. The van der Waals surface area contributed by atoms with Crippen LogP contribution in [0.3, 0.4) is 0 Å². The van der Waals surface area contributed by atoms with E-state index in [2.05, 4.69) is 37.9 Å². The van der Waals surface area contributed by atoms with Crippen molar-refractivity contribution >= 4 is 17.8 Å². The molecule has 200 valence electrons. The number of aliphatic hydroxyl groups is 1. The molecule has 4 aliphatic carbocycles. The van der Waals surface area contributed by atoms with Crippen LogP contribution in [0.5, 0.6) is 0 Å². The Hall–Kier alpha value is -1.47. The molecular weight excluding hydrogens is 456 g/mol. The average molecular weight is 501 g/mol. The summed E-state index contributed by atoms with van der Waals surface area (Å²) < 4.78 is 6.23. The fourth-order valence-electron chi connectivity index (χ4n) is 10.3. The fraction of sp³-hybridized carbons (Fsp3) is 0.897. The van der Waals surface area contributed by atoms with Crippen LogP contribution >= 0.6 is 0 Å². The van der Waals surface area contributed by atoms with Crippen LogP contribution in [0, 0.1) is 51.8 Å². The molecule has 6 rings (SSSR count). The SMILES string of the molecule is CC(C)C[C@]1(C)C[C@@H](OC(=O)NC(=O)[C@H]2CN3CC[C@@H]2C3)[C@]23C[C@@H]2CCC2(CCC(=O)C23)[C@@H](C)[C@@H]1O. The molecule has 2 N–H and O–H groups in total. The van der Waals surface area contributed by atoms with E-state index in [0.29, 0.717) is 36.4 Å². The highest BCUT2D eigenvalue weighted by molar-refractivity contribution is 5.93. The number of carbonyl (C=O) groups is 3. The summed E-state index contributed by atoms with van der Waals surface area (Å²) in [5.41, 5.74) is -0.980. The van der Waals surface area contributed by atoms with Gasteiger partial charge in [-0.15, -0.1) is 0 Å². The number of hydrogen-bond donors (Lipinski definition) is 2. The monoisotopic (exact) mass is 500 g/mol. The molecule has 2 aliphatic heterocycles. The number of ketones is 1. The van der Waals surface area contributed by atoms with Crippen LogP contribution in [0.15, 0.2) is 0 Å². The summed E-state index contributed by atoms with van der Waals surface area (Å²) in [5, 5.41) is 14.4. The largest absolute Gasteiger partial charge is 0.445 e. The first kappa shape index (κ1) is 24.8.